The highest BCUT2D eigenvalue weighted by Gasteiger charge is 2.23. The summed E-state index contributed by atoms with van der Waals surface area (Å²) in [6.45, 7) is 0. The Labute approximate surface area is 130 Å². The lowest BCUT2D eigenvalue weighted by Crippen LogP contribution is -2.11. The molecule has 0 radical (unpaired) electrons. The van der Waals surface area contributed by atoms with E-state index in [1.165, 1.54) is 0 Å². The van der Waals surface area contributed by atoms with Crippen molar-refractivity contribution in [2.24, 2.45) is 0 Å². The molecule has 0 N–H and O–H groups in total. The number of halogens is 1. The van der Waals surface area contributed by atoms with Crippen LogP contribution in [0.4, 0.5) is 0 Å². The van der Waals surface area contributed by atoms with Gasteiger partial charge in [0.25, 0.3) is 0 Å². The van der Waals surface area contributed by atoms with Crippen molar-refractivity contribution in [1.29, 1.82) is 5.26 Å². The van der Waals surface area contributed by atoms with Gasteiger partial charge in [-0.25, -0.2) is 0 Å². The summed E-state index contributed by atoms with van der Waals surface area (Å²) in [5.41, 5.74) is 1.26. The van der Waals surface area contributed by atoms with Gasteiger partial charge in [0.15, 0.2) is 5.78 Å². The van der Waals surface area contributed by atoms with Crippen LogP contribution in [-0.4, -0.2) is 12.0 Å². The predicted octanol–water partition coefficient (Wildman–Crippen LogP) is 4.66. The summed E-state index contributed by atoms with van der Waals surface area (Å²) in [7, 11) is 0. The number of nitriles is 1. The number of carbonyl (C=O) groups is 1. The van der Waals surface area contributed by atoms with Crippen LogP contribution in [0.5, 0.6) is 0 Å². The number of hydrogen-bond donors (Lipinski definition) is 0. The molecule has 0 heterocycles. The number of hydrogen-bond acceptors (Lipinski definition) is 3. The van der Waals surface area contributed by atoms with Crippen LogP contribution in [0.25, 0.3) is 0 Å². The summed E-state index contributed by atoms with van der Waals surface area (Å²) >= 11 is 5.01. The Morgan fingerprint density at radius 3 is 2.40 bits per heavy atom. The van der Waals surface area contributed by atoms with Crippen molar-refractivity contribution in [2.45, 2.75) is 10.8 Å². The summed E-state index contributed by atoms with van der Waals surface area (Å²) in [5.74, 6) is -0.960. The smallest absolute Gasteiger partial charge is 0.184 e. The first-order chi connectivity index (χ1) is 9.67. The normalized spacial score (nSPS) is 11.7. The molecule has 0 spiro atoms. The number of benzene rings is 2. The van der Waals surface area contributed by atoms with Crippen LogP contribution < -0.4 is 0 Å². The maximum Gasteiger partial charge on any atom is 0.184 e. The number of thioether (sulfide) groups is 1. The molecule has 2 nitrogen and oxygen atoms in total. The van der Waals surface area contributed by atoms with Gasteiger partial charge in [0.05, 0.1) is 6.07 Å². The van der Waals surface area contributed by atoms with Crippen molar-refractivity contribution in [1.82, 2.24) is 0 Å². The first-order valence-corrected chi connectivity index (χ1v) is 8.01. The molecule has 1 atom stereocenters. The van der Waals surface area contributed by atoms with Crippen molar-refractivity contribution >= 4 is 33.5 Å². The molecule has 4 heteroatoms. The van der Waals surface area contributed by atoms with E-state index in [2.05, 4.69) is 22.0 Å². The lowest BCUT2D eigenvalue weighted by Gasteiger charge is -2.10. The highest BCUT2D eigenvalue weighted by atomic mass is 79.9. The zero-order chi connectivity index (χ0) is 14.5. The molecule has 0 aliphatic heterocycles. The SMILES string of the molecule is CSc1ccc(C(=O)C(C#N)c2ccccc2Br)cc1. The fourth-order valence-electron chi connectivity index (χ4n) is 1.90. The van der Waals surface area contributed by atoms with E-state index in [1.54, 1.807) is 30.0 Å². The van der Waals surface area contributed by atoms with Crippen molar-refractivity contribution in [3.05, 3.63) is 64.1 Å². The van der Waals surface area contributed by atoms with Crippen molar-refractivity contribution < 1.29 is 4.79 Å². The van der Waals surface area contributed by atoms with Gasteiger partial charge in [0.2, 0.25) is 0 Å². The van der Waals surface area contributed by atoms with Gasteiger partial charge in [0, 0.05) is 14.9 Å². The Morgan fingerprint density at radius 2 is 1.85 bits per heavy atom. The van der Waals surface area contributed by atoms with Gasteiger partial charge in [-0.05, 0) is 30.0 Å². The van der Waals surface area contributed by atoms with Crippen molar-refractivity contribution in [3.63, 3.8) is 0 Å². The van der Waals surface area contributed by atoms with Crippen LogP contribution in [0.2, 0.25) is 0 Å². The summed E-state index contributed by atoms with van der Waals surface area (Å²) in [6.07, 6.45) is 1.98. The monoisotopic (exact) mass is 345 g/mol. The Morgan fingerprint density at radius 1 is 1.20 bits per heavy atom. The Bertz CT molecular complexity index is 661. The third kappa shape index (κ3) is 3.12. The van der Waals surface area contributed by atoms with Gasteiger partial charge >= 0.3 is 0 Å². The van der Waals surface area contributed by atoms with Crippen LogP contribution >= 0.6 is 27.7 Å². The van der Waals surface area contributed by atoms with E-state index in [1.807, 2.05) is 36.6 Å². The van der Waals surface area contributed by atoms with Crippen LogP contribution in [0.3, 0.4) is 0 Å². The summed E-state index contributed by atoms with van der Waals surface area (Å²) in [6, 6.07) is 16.8. The second-order valence-corrected chi connectivity index (χ2v) is 5.91. The van der Waals surface area contributed by atoms with E-state index in [-0.39, 0.29) is 5.78 Å². The standard InChI is InChI=1S/C16H12BrNOS/c1-20-12-8-6-11(7-9-12)16(19)14(10-18)13-4-2-3-5-15(13)17/h2-9,14H,1H3. The minimum absolute atomic E-state index is 0.174. The molecule has 0 saturated heterocycles. The molecule has 0 bridgehead atoms. The molecule has 0 aliphatic carbocycles. The molecule has 2 aromatic carbocycles. The van der Waals surface area contributed by atoms with E-state index in [0.717, 1.165) is 9.37 Å². The van der Waals surface area contributed by atoms with Gasteiger partial charge in [0.1, 0.15) is 5.92 Å². The Hall–Kier alpha value is -1.57. The number of ketones is 1. The lowest BCUT2D eigenvalue weighted by molar-refractivity contribution is 0.0978. The first-order valence-electron chi connectivity index (χ1n) is 5.99. The van der Waals surface area contributed by atoms with Crippen LogP contribution in [0.1, 0.15) is 21.8 Å². The van der Waals surface area contributed by atoms with E-state index in [0.29, 0.717) is 11.1 Å². The summed E-state index contributed by atoms with van der Waals surface area (Å²) in [4.78, 5) is 13.6. The average molecular weight is 346 g/mol. The average Bonchev–Trinajstić information content (AvgIpc) is 2.50. The largest absolute Gasteiger partial charge is 0.292 e. The molecule has 20 heavy (non-hydrogen) atoms. The van der Waals surface area contributed by atoms with Crippen LogP contribution in [0.15, 0.2) is 57.9 Å². The topological polar surface area (TPSA) is 40.9 Å². The van der Waals surface area contributed by atoms with Gasteiger partial charge < -0.3 is 0 Å². The molecule has 0 saturated carbocycles. The molecule has 0 aromatic heterocycles. The zero-order valence-corrected chi connectivity index (χ0v) is 13.2. The van der Waals surface area contributed by atoms with Gasteiger partial charge in [-0.1, -0.05) is 46.3 Å². The zero-order valence-electron chi connectivity index (χ0n) is 10.8. The van der Waals surface area contributed by atoms with E-state index in [9.17, 15) is 10.1 Å². The first kappa shape index (κ1) is 14.8. The van der Waals surface area contributed by atoms with Crippen molar-refractivity contribution in [3.8, 4) is 6.07 Å². The lowest BCUT2D eigenvalue weighted by atomic mass is 9.92. The third-order valence-electron chi connectivity index (χ3n) is 2.98. The highest BCUT2D eigenvalue weighted by Crippen LogP contribution is 2.28. The van der Waals surface area contributed by atoms with E-state index in [4.69, 9.17) is 0 Å². The maximum absolute atomic E-state index is 12.5. The molecule has 2 aromatic rings. The summed E-state index contributed by atoms with van der Waals surface area (Å²) < 4.78 is 0.778. The molecule has 0 fully saturated rings. The van der Waals surface area contributed by atoms with Gasteiger partial charge in [-0.2, -0.15) is 5.26 Å². The van der Waals surface area contributed by atoms with Gasteiger partial charge in [-0.15, -0.1) is 11.8 Å². The molecule has 2 rings (SSSR count). The molecule has 1 unspecified atom stereocenters. The highest BCUT2D eigenvalue weighted by molar-refractivity contribution is 9.10. The molecule has 0 aliphatic rings. The molecule has 0 amide bonds. The van der Waals surface area contributed by atoms with E-state index >= 15 is 0 Å². The fourth-order valence-corrected chi connectivity index (χ4v) is 2.82. The minimum Gasteiger partial charge on any atom is -0.292 e. The number of Topliss-reactive ketones (excluding diaryl/α,β-unsaturated/α-hetero) is 1. The third-order valence-corrected chi connectivity index (χ3v) is 4.45. The van der Waals surface area contributed by atoms with E-state index < -0.39 is 5.92 Å². The molecular weight excluding hydrogens is 334 g/mol. The Kier molecular flexibility index (Phi) is 4.99. The second kappa shape index (κ2) is 6.74. The fraction of sp³-hybridized carbons (Fsp3) is 0.125. The number of nitrogens with zero attached hydrogens (tertiary/aromatic N) is 1. The summed E-state index contributed by atoms with van der Waals surface area (Å²) in [5, 5.41) is 9.34. The Balaban J connectivity index is 2.35. The molecule has 100 valence electrons. The van der Waals surface area contributed by atoms with Crippen LogP contribution in [-0.2, 0) is 0 Å². The number of carbonyl (C=O) groups excluding carboxylic acids is 1. The number of rotatable bonds is 4. The quantitative estimate of drug-likeness (QED) is 0.597. The van der Waals surface area contributed by atoms with Gasteiger partial charge in [-0.3, -0.25) is 4.79 Å². The maximum atomic E-state index is 12.5. The van der Waals surface area contributed by atoms with Crippen LogP contribution in [0, 0.1) is 11.3 Å². The second-order valence-electron chi connectivity index (χ2n) is 4.18. The molecular formula is C16H12BrNOS. The minimum atomic E-state index is -0.786. The predicted molar refractivity (Wildman–Crippen MR) is 85.0 cm³/mol. The van der Waals surface area contributed by atoms with Crippen molar-refractivity contribution in [2.75, 3.05) is 6.26 Å².